The molecule has 3 fully saturated rings. The van der Waals surface area contributed by atoms with Gasteiger partial charge < -0.3 is 9.64 Å². The highest BCUT2D eigenvalue weighted by Crippen LogP contribution is 2.30. The van der Waals surface area contributed by atoms with Gasteiger partial charge in [0.05, 0.1) is 18.8 Å². The predicted octanol–water partition coefficient (Wildman–Crippen LogP) is 2.09. The van der Waals surface area contributed by atoms with Gasteiger partial charge in [0, 0.05) is 57.5 Å². The van der Waals surface area contributed by atoms with Crippen molar-refractivity contribution < 1.29 is 17.9 Å². The molecule has 0 atom stereocenters. The summed E-state index contributed by atoms with van der Waals surface area (Å²) in [4.78, 5) is 11.2. The molecule has 0 aromatic carbocycles. The Balaban J connectivity index is 1.24. The fourth-order valence-corrected chi connectivity index (χ4v) is 4.16. The highest BCUT2D eigenvalue weighted by atomic mass is 19.4. The van der Waals surface area contributed by atoms with E-state index < -0.39 is 11.7 Å². The van der Waals surface area contributed by atoms with Crippen molar-refractivity contribution in [2.75, 3.05) is 57.4 Å². The Hall–Kier alpha value is -1.38. The first kappa shape index (κ1) is 18.0. The lowest BCUT2D eigenvalue weighted by atomic mass is 9.96. The van der Waals surface area contributed by atoms with Gasteiger partial charge >= 0.3 is 6.18 Å². The summed E-state index contributed by atoms with van der Waals surface area (Å²) in [7, 11) is 0. The Labute approximate surface area is 151 Å². The summed E-state index contributed by atoms with van der Waals surface area (Å²) < 4.78 is 43.3. The molecule has 4 heterocycles. The number of halogens is 3. The van der Waals surface area contributed by atoms with E-state index in [0.717, 1.165) is 77.6 Å². The third-order valence-corrected chi connectivity index (χ3v) is 5.83. The van der Waals surface area contributed by atoms with Crippen LogP contribution in [0.4, 0.5) is 19.0 Å². The van der Waals surface area contributed by atoms with Crippen LogP contribution in [0.3, 0.4) is 0 Å². The molecule has 1 aromatic rings. The number of hydrogen-bond donors (Lipinski definition) is 0. The topological polar surface area (TPSA) is 31.8 Å². The monoisotopic (exact) mass is 370 g/mol. The number of nitrogens with zero attached hydrogens (tertiary/aromatic N) is 4. The molecule has 4 rings (SSSR count). The molecule has 0 bridgehead atoms. The number of morpholine rings is 1. The first-order valence-corrected chi connectivity index (χ1v) is 9.35. The predicted molar refractivity (Wildman–Crippen MR) is 92.2 cm³/mol. The molecule has 8 heteroatoms. The molecule has 0 unspecified atom stereocenters. The second-order valence-corrected chi connectivity index (χ2v) is 7.38. The third kappa shape index (κ3) is 3.82. The summed E-state index contributed by atoms with van der Waals surface area (Å²) in [6.07, 6.45) is -1.31. The summed E-state index contributed by atoms with van der Waals surface area (Å²) in [5.41, 5.74) is -0.689. The molecule has 0 spiro atoms. The first-order chi connectivity index (χ1) is 12.5. The quantitative estimate of drug-likeness (QED) is 0.814. The largest absolute Gasteiger partial charge is 0.417 e. The zero-order valence-electron chi connectivity index (χ0n) is 14.8. The second-order valence-electron chi connectivity index (χ2n) is 7.38. The lowest BCUT2D eigenvalue weighted by molar-refractivity contribution is -0.137. The van der Waals surface area contributed by atoms with E-state index in [9.17, 15) is 13.2 Å². The van der Waals surface area contributed by atoms with Crippen LogP contribution >= 0.6 is 0 Å². The van der Waals surface area contributed by atoms with Crippen LogP contribution in [-0.4, -0.2) is 79.3 Å². The zero-order chi connectivity index (χ0) is 18.1. The maximum Gasteiger partial charge on any atom is 0.417 e. The Morgan fingerprint density at radius 1 is 0.923 bits per heavy atom. The Bertz CT molecular complexity index is 589. The van der Waals surface area contributed by atoms with Gasteiger partial charge in [-0.25, -0.2) is 4.98 Å². The number of rotatable bonds is 3. The Morgan fingerprint density at radius 2 is 1.62 bits per heavy atom. The molecular formula is C18H25F3N4O. The molecule has 3 aliphatic rings. The maximum atomic E-state index is 12.6. The van der Waals surface area contributed by atoms with Crippen LogP contribution in [-0.2, 0) is 10.9 Å². The van der Waals surface area contributed by atoms with Gasteiger partial charge in [-0.2, -0.15) is 13.2 Å². The van der Waals surface area contributed by atoms with Gasteiger partial charge in [0.1, 0.15) is 5.82 Å². The number of piperidine rings is 1. The first-order valence-electron chi connectivity index (χ1n) is 9.35. The summed E-state index contributed by atoms with van der Waals surface area (Å²) in [6.45, 7) is 7.72. The lowest BCUT2D eigenvalue weighted by Crippen LogP contribution is -2.64. The maximum absolute atomic E-state index is 12.6. The minimum atomic E-state index is -4.33. The van der Waals surface area contributed by atoms with Gasteiger partial charge in [0.2, 0.25) is 0 Å². The van der Waals surface area contributed by atoms with Gasteiger partial charge in [-0.05, 0) is 25.0 Å². The zero-order valence-corrected chi connectivity index (χ0v) is 14.8. The molecule has 0 aliphatic carbocycles. The van der Waals surface area contributed by atoms with Crippen molar-refractivity contribution in [1.82, 2.24) is 14.8 Å². The van der Waals surface area contributed by atoms with Crippen molar-refractivity contribution in [3.63, 3.8) is 0 Å². The van der Waals surface area contributed by atoms with Gasteiger partial charge in [-0.3, -0.25) is 9.80 Å². The van der Waals surface area contributed by atoms with Crippen molar-refractivity contribution in [2.24, 2.45) is 0 Å². The summed E-state index contributed by atoms with van der Waals surface area (Å²) in [5.74, 6) is 0.645. The number of hydrogen-bond acceptors (Lipinski definition) is 5. The van der Waals surface area contributed by atoms with E-state index in [-0.39, 0.29) is 0 Å². The van der Waals surface area contributed by atoms with Crippen molar-refractivity contribution >= 4 is 5.82 Å². The number of aromatic nitrogens is 1. The van der Waals surface area contributed by atoms with Crippen LogP contribution in [0.25, 0.3) is 0 Å². The average Bonchev–Trinajstić information content (AvgIpc) is 2.61. The van der Waals surface area contributed by atoms with Gasteiger partial charge in [-0.15, -0.1) is 0 Å². The Kier molecular flexibility index (Phi) is 5.07. The number of ether oxygens (including phenoxy) is 1. The fraction of sp³-hybridized carbons (Fsp3) is 0.722. The average molecular weight is 370 g/mol. The number of alkyl halides is 3. The van der Waals surface area contributed by atoms with Crippen molar-refractivity contribution in [1.29, 1.82) is 0 Å². The molecule has 26 heavy (non-hydrogen) atoms. The van der Waals surface area contributed by atoms with Crippen molar-refractivity contribution in [3.8, 4) is 0 Å². The normalized spacial score (nSPS) is 24.7. The minimum absolute atomic E-state index is 0.581. The van der Waals surface area contributed by atoms with Crippen LogP contribution < -0.4 is 4.90 Å². The molecule has 3 aliphatic heterocycles. The molecule has 3 saturated heterocycles. The number of pyridine rings is 1. The van der Waals surface area contributed by atoms with E-state index in [4.69, 9.17) is 4.74 Å². The van der Waals surface area contributed by atoms with Crippen molar-refractivity contribution in [3.05, 3.63) is 23.9 Å². The summed E-state index contributed by atoms with van der Waals surface area (Å²) in [5, 5.41) is 0. The van der Waals surface area contributed by atoms with E-state index in [1.54, 1.807) is 0 Å². The lowest BCUT2D eigenvalue weighted by Gasteiger charge is -2.51. The second kappa shape index (κ2) is 7.32. The van der Waals surface area contributed by atoms with E-state index >= 15 is 0 Å². The third-order valence-electron chi connectivity index (χ3n) is 5.83. The van der Waals surface area contributed by atoms with Crippen LogP contribution in [0, 0.1) is 0 Å². The molecule has 0 saturated carbocycles. The van der Waals surface area contributed by atoms with Crippen LogP contribution in [0.1, 0.15) is 18.4 Å². The van der Waals surface area contributed by atoms with E-state index in [0.29, 0.717) is 17.9 Å². The van der Waals surface area contributed by atoms with Crippen LogP contribution in [0.2, 0.25) is 0 Å². The number of likely N-dealkylation sites (tertiary alicyclic amines) is 1. The highest BCUT2D eigenvalue weighted by Gasteiger charge is 2.37. The van der Waals surface area contributed by atoms with E-state index in [1.165, 1.54) is 6.07 Å². The molecule has 0 radical (unpaired) electrons. The summed E-state index contributed by atoms with van der Waals surface area (Å²) >= 11 is 0. The van der Waals surface area contributed by atoms with Gasteiger partial charge in [0.25, 0.3) is 0 Å². The highest BCUT2D eigenvalue weighted by molar-refractivity contribution is 5.40. The van der Waals surface area contributed by atoms with Crippen molar-refractivity contribution in [2.45, 2.75) is 31.1 Å². The molecule has 144 valence electrons. The van der Waals surface area contributed by atoms with E-state index in [2.05, 4.69) is 19.7 Å². The molecule has 0 amide bonds. The SMILES string of the molecule is FC(F)(F)c1ccc(N2CCC(N3CC(N4CCOCC4)C3)CC2)nc1. The van der Waals surface area contributed by atoms with E-state index in [1.807, 2.05) is 0 Å². The fourth-order valence-electron chi connectivity index (χ4n) is 4.16. The van der Waals surface area contributed by atoms with Gasteiger partial charge in [-0.1, -0.05) is 0 Å². The molecule has 1 aromatic heterocycles. The Morgan fingerprint density at radius 3 is 2.19 bits per heavy atom. The standard InChI is InChI=1S/C18H25F3N4O/c19-18(20,21)14-1-2-17(22-11-14)24-5-3-15(4-6-24)25-12-16(13-25)23-7-9-26-10-8-23/h1-2,11,15-16H,3-10,12-13H2. The van der Waals surface area contributed by atoms with Crippen LogP contribution in [0.15, 0.2) is 18.3 Å². The van der Waals surface area contributed by atoms with Crippen LogP contribution in [0.5, 0.6) is 0 Å². The molecule has 5 nitrogen and oxygen atoms in total. The minimum Gasteiger partial charge on any atom is -0.379 e. The molecule has 0 N–H and O–H groups in total. The van der Waals surface area contributed by atoms with Gasteiger partial charge in [0.15, 0.2) is 0 Å². The smallest absolute Gasteiger partial charge is 0.379 e. The summed E-state index contributed by atoms with van der Waals surface area (Å²) in [6, 6.07) is 3.85. The molecular weight excluding hydrogens is 345 g/mol. The number of anilines is 1.